The molecule has 1 unspecified atom stereocenters. The third kappa shape index (κ3) is 5.19. The number of carbonyl (C=O) groups is 2. The molecule has 36 heavy (non-hydrogen) atoms. The lowest BCUT2D eigenvalue weighted by Gasteiger charge is -2.38. The fraction of sp³-hybridized carbons (Fsp3) is 0.259. The fourth-order valence-corrected chi connectivity index (χ4v) is 4.30. The van der Waals surface area contributed by atoms with Gasteiger partial charge in [-0.3, -0.25) is 4.79 Å². The number of fused-ring (bicyclic) bond motifs is 1. The van der Waals surface area contributed by atoms with Gasteiger partial charge in [-0.05, 0) is 60.0 Å². The Morgan fingerprint density at radius 2 is 1.72 bits per heavy atom. The Balaban J connectivity index is 1.63. The zero-order chi connectivity index (χ0) is 25.7. The number of nitrogens with one attached hydrogen (secondary N) is 2. The van der Waals surface area contributed by atoms with E-state index < -0.39 is 17.9 Å². The summed E-state index contributed by atoms with van der Waals surface area (Å²) in [6, 6.07) is 15.5. The van der Waals surface area contributed by atoms with Crippen LogP contribution >= 0.6 is 0 Å². The maximum Gasteiger partial charge on any atom is 0.322 e. The number of rotatable bonds is 7. The number of para-hydroxylation sites is 1. The molecule has 8 nitrogen and oxygen atoms in total. The molecule has 4 rings (SSSR count). The Morgan fingerprint density at radius 3 is 2.44 bits per heavy atom. The molecule has 0 fully saturated rings. The molecule has 3 amide bonds. The van der Waals surface area contributed by atoms with Gasteiger partial charge in [0.05, 0.1) is 33.1 Å². The van der Waals surface area contributed by atoms with Gasteiger partial charge in [0.15, 0.2) is 11.5 Å². The number of halogens is 1. The lowest BCUT2D eigenvalue weighted by molar-refractivity contribution is 0.0936. The molecule has 1 aliphatic rings. The van der Waals surface area contributed by atoms with Crippen molar-refractivity contribution in [1.82, 2.24) is 10.2 Å². The highest BCUT2D eigenvalue weighted by Crippen LogP contribution is 2.38. The summed E-state index contributed by atoms with van der Waals surface area (Å²) >= 11 is 0. The molecule has 3 aromatic rings. The summed E-state index contributed by atoms with van der Waals surface area (Å²) in [6.07, 6.45) is 0.556. The van der Waals surface area contributed by atoms with Crippen LogP contribution in [0.15, 0.2) is 60.7 Å². The van der Waals surface area contributed by atoms with E-state index in [9.17, 15) is 14.0 Å². The largest absolute Gasteiger partial charge is 0.497 e. The predicted molar refractivity (Wildman–Crippen MR) is 133 cm³/mol. The lowest BCUT2D eigenvalue weighted by Crippen LogP contribution is -2.47. The monoisotopic (exact) mass is 493 g/mol. The van der Waals surface area contributed by atoms with E-state index in [2.05, 4.69) is 10.6 Å². The van der Waals surface area contributed by atoms with Crippen molar-refractivity contribution in [2.45, 2.75) is 12.5 Å². The lowest BCUT2D eigenvalue weighted by atomic mass is 9.91. The first-order chi connectivity index (χ1) is 17.4. The van der Waals surface area contributed by atoms with Crippen molar-refractivity contribution >= 4 is 17.6 Å². The van der Waals surface area contributed by atoms with Crippen LogP contribution in [0.1, 0.15) is 27.5 Å². The average molecular weight is 494 g/mol. The highest BCUT2D eigenvalue weighted by Gasteiger charge is 2.33. The summed E-state index contributed by atoms with van der Waals surface area (Å²) in [5.41, 5.74) is 2.30. The number of nitrogens with zero attached hydrogens (tertiary/aromatic N) is 1. The number of anilines is 1. The first-order valence-electron chi connectivity index (χ1n) is 11.4. The molecule has 1 heterocycles. The molecule has 3 aromatic carbocycles. The minimum absolute atomic E-state index is 0.0831. The molecule has 1 aliphatic heterocycles. The van der Waals surface area contributed by atoms with E-state index in [0.717, 1.165) is 11.1 Å². The Labute approximate surface area is 209 Å². The van der Waals surface area contributed by atoms with Gasteiger partial charge in [0.2, 0.25) is 0 Å². The summed E-state index contributed by atoms with van der Waals surface area (Å²) in [6.45, 7) is 0.492. The van der Waals surface area contributed by atoms with Crippen LogP contribution in [-0.2, 0) is 6.42 Å². The van der Waals surface area contributed by atoms with Gasteiger partial charge < -0.3 is 29.7 Å². The van der Waals surface area contributed by atoms with E-state index in [-0.39, 0.29) is 18.1 Å². The van der Waals surface area contributed by atoms with Crippen molar-refractivity contribution in [3.8, 4) is 17.2 Å². The summed E-state index contributed by atoms with van der Waals surface area (Å²) in [5, 5.41) is 5.58. The average Bonchev–Trinajstić information content (AvgIpc) is 2.91. The van der Waals surface area contributed by atoms with Gasteiger partial charge in [0.1, 0.15) is 11.6 Å². The first-order valence-corrected chi connectivity index (χ1v) is 11.4. The minimum Gasteiger partial charge on any atom is -0.497 e. The molecule has 2 N–H and O–H groups in total. The number of amides is 3. The number of ether oxygens (including phenoxy) is 3. The molecule has 0 saturated carbocycles. The number of urea groups is 1. The Hall–Kier alpha value is -4.27. The molecule has 188 valence electrons. The molecular formula is C27H28FN3O5. The standard InChI is InChI=1S/C27H28FN3O5/c1-34-19-8-6-7-18(13-19)26(32)29-16-23-20-15-25(36-3)24(35-2)14-17(20)11-12-31(23)27(33)30-22-10-5-4-9-21(22)28/h4-10,13-15,23H,11-12,16H2,1-3H3,(H,29,32)(H,30,33). The van der Waals surface area contributed by atoms with Crippen molar-refractivity contribution in [3.63, 3.8) is 0 Å². The molecule has 0 saturated heterocycles. The van der Waals surface area contributed by atoms with Crippen molar-refractivity contribution < 1.29 is 28.2 Å². The van der Waals surface area contributed by atoms with Crippen LogP contribution in [0.25, 0.3) is 0 Å². The number of methoxy groups -OCH3 is 3. The van der Waals surface area contributed by atoms with Crippen LogP contribution in [-0.4, -0.2) is 51.3 Å². The van der Waals surface area contributed by atoms with E-state index in [1.54, 1.807) is 48.4 Å². The quantitative estimate of drug-likeness (QED) is 0.509. The number of benzene rings is 3. The molecule has 0 aliphatic carbocycles. The molecule has 0 radical (unpaired) electrons. The number of carbonyl (C=O) groups excluding carboxylic acids is 2. The van der Waals surface area contributed by atoms with Crippen LogP contribution in [0, 0.1) is 5.82 Å². The zero-order valence-corrected chi connectivity index (χ0v) is 20.3. The van der Waals surface area contributed by atoms with E-state index in [1.807, 2.05) is 12.1 Å². The molecule has 0 aromatic heterocycles. The van der Waals surface area contributed by atoms with Crippen molar-refractivity contribution in [2.24, 2.45) is 0 Å². The van der Waals surface area contributed by atoms with Crippen LogP contribution in [0.3, 0.4) is 0 Å². The molecular weight excluding hydrogens is 465 g/mol. The summed E-state index contributed by atoms with van der Waals surface area (Å²) < 4.78 is 30.3. The van der Waals surface area contributed by atoms with Crippen molar-refractivity contribution in [1.29, 1.82) is 0 Å². The van der Waals surface area contributed by atoms with Gasteiger partial charge in [-0.25, -0.2) is 9.18 Å². The summed E-state index contributed by atoms with van der Waals surface area (Å²) in [7, 11) is 4.63. The van der Waals surface area contributed by atoms with Crippen LogP contribution < -0.4 is 24.8 Å². The highest BCUT2D eigenvalue weighted by molar-refractivity contribution is 5.95. The smallest absolute Gasteiger partial charge is 0.322 e. The van der Waals surface area contributed by atoms with E-state index in [4.69, 9.17) is 14.2 Å². The second kappa shape index (κ2) is 11.0. The number of hydrogen-bond donors (Lipinski definition) is 2. The predicted octanol–water partition coefficient (Wildman–Crippen LogP) is 4.41. The second-order valence-electron chi connectivity index (χ2n) is 8.22. The van der Waals surface area contributed by atoms with Gasteiger partial charge in [0, 0.05) is 18.7 Å². The van der Waals surface area contributed by atoms with Gasteiger partial charge >= 0.3 is 6.03 Å². The van der Waals surface area contributed by atoms with Crippen LogP contribution in [0.5, 0.6) is 17.2 Å². The molecule has 0 bridgehead atoms. The maximum absolute atomic E-state index is 14.2. The third-order valence-corrected chi connectivity index (χ3v) is 6.17. The van der Waals surface area contributed by atoms with Crippen molar-refractivity contribution in [3.05, 3.63) is 83.2 Å². The zero-order valence-electron chi connectivity index (χ0n) is 20.3. The normalized spacial score (nSPS) is 14.4. The second-order valence-corrected chi connectivity index (χ2v) is 8.22. The Kier molecular flexibility index (Phi) is 7.58. The summed E-state index contributed by atoms with van der Waals surface area (Å²) in [4.78, 5) is 27.8. The topological polar surface area (TPSA) is 89.1 Å². The van der Waals surface area contributed by atoms with Gasteiger partial charge in [0.25, 0.3) is 5.91 Å². The Morgan fingerprint density at radius 1 is 0.972 bits per heavy atom. The Bertz CT molecular complexity index is 1270. The SMILES string of the molecule is COc1cccc(C(=O)NCC2c3cc(OC)c(OC)cc3CCN2C(=O)Nc2ccccc2F)c1. The number of hydrogen-bond acceptors (Lipinski definition) is 5. The van der Waals surface area contributed by atoms with Crippen molar-refractivity contribution in [2.75, 3.05) is 39.7 Å². The summed E-state index contributed by atoms with van der Waals surface area (Å²) in [5.74, 6) is 0.818. The van der Waals surface area contributed by atoms with Crippen LogP contribution in [0.4, 0.5) is 14.9 Å². The van der Waals surface area contributed by atoms with Gasteiger partial charge in [-0.2, -0.15) is 0 Å². The minimum atomic E-state index is -0.533. The highest BCUT2D eigenvalue weighted by atomic mass is 19.1. The molecule has 1 atom stereocenters. The fourth-order valence-electron chi connectivity index (χ4n) is 4.30. The molecule has 9 heteroatoms. The maximum atomic E-state index is 14.2. The first kappa shape index (κ1) is 24.8. The van der Waals surface area contributed by atoms with E-state index in [0.29, 0.717) is 35.8 Å². The van der Waals surface area contributed by atoms with E-state index in [1.165, 1.54) is 26.4 Å². The van der Waals surface area contributed by atoms with Crippen LogP contribution in [0.2, 0.25) is 0 Å². The van der Waals surface area contributed by atoms with Gasteiger partial charge in [-0.15, -0.1) is 0 Å². The molecule has 0 spiro atoms. The van der Waals surface area contributed by atoms with Gasteiger partial charge in [-0.1, -0.05) is 18.2 Å². The van der Waals surface area contributed by atoms with E-state index >= 15 is 0 Å². The third-order valence-electron chi connectivity index (χ3n) is 6.17.